The fourth-order valence-corrected chi connectivity index (χ4v) is 4.98. The molecule has 3 aromatic rings. The smallest absolute Gasteiger partial charge is 0.258 e. The second-order valence-corrected chi connectivity index (χ2v) is 10.1. The summed E-state index contributed by atoms with van der Waals surface area (Å²) in [5, 5.41) is 0. The standard InChI is InChI=1S/C32H28N2O4/c1-19(2)25-17-26(20(3)4)28(22-7-11-24(12-8-22)34-31(37)15-16-32(34)38)18-27(25)21-5-9-23(10-6-21)33-29(35)13-14-30(33)36/h5-20H,1-4H3. The highest BCUT2D eigenvalue weighted by Gasteiger charge is 2.26. The minimum atomic E-state index is -0.342. The van der Waals surface area contributed by atoms with Crippen molar-refractivity contribution in [3.05, 3.63) is 96.1 Å². The normalized spacial score (nSPS) is 15.2. The Balaban J connectivity index is 1.57. The van der Waals surface area contributed by atoms with Gasteiger partial charge in [0, 0.05) is 24.3 Å². The van der Waals surface area contributed by atoms with Crippen molar-refractivity contribution in [3.8, 4) is 22.3 Å². The van der Waals surface area contributed by atoms with Gasteiger partial charge in [0.25, 0.3) is 23.6 Å². The maximum atomic E-state index is 12.1. The molecule has 0 aliphatic carbocycles. The molecule has 0 aromatic heterocycles. The summed E-state index contributed by atoms with van der Waals surface area (Å²) in [4.78, 5) is 50.7. The molecule has 0 fully saturated rings. The van der Waals surface area contributed by atoms with Gasteiger partial charge in [-0.05, 0) is 75.5 Å². The second-order valence-electron chi connectivity index (χ2n) is 10.1. The van der Waals surface area contributed by atoms with Crippen molar-refractivity contribution in [3.63, 3.8) is 0 Å². The summed E-state index contributed by atoms with van der Waals surface area (Å²) in [6.07, 6.45) is 5.12. The Morgan fingerprint density at radius 1 is 0.474 bits per heavy atom. The average molecular weight is 505 g/mol. The van der Waals surface area contributed by atoms with E-state index in [1.54, 1.807) is 24.3 Å². The van der Waals surface area contributed by atoms with Gasteiger partial charge in [-0.25, -0.2) is 9.80 Å². The molecule has 2 aliphatic rings. The van der Waals surface area contributed by atoms with Crippen molar-refractivity contribution in [2.45, 2.75) is 39.5 Å². The number of nitrogens with zero attached hydrogens (tertiary/aromatic N) is 2. The van der Waals surface area contributed by atoms with Gasteiger partial charge >= 0.3 is 0 Å². The summed E-state index contributed by atoms with van der Waals surface area (Å²) in [6, 6.07) is 19.4. The summed E-state index contributed by atoms with van der Waals surface area (Å²) >= 11 is 0. The van der Waals surface area contributed by atoms with Crippen LogP contribution in [0.4, 0.5) is 11.4 Å². The third-order valence-corrected chi connectivity index (χ3v) is 6.96. The van der Waals surface area contributed by atoms with Gasteiger partial charge in [-0.1, -0.05) is 58.0 Å². The van der Waals surface area contributed by atoms with Gasteiger partial charge in [0.15, 0.2) is 0 Å². The third-order valence-electron chi connectivity index (χ3n) is 6.96. The van der Waals surface area contributed by atoms with E-state index in [0.717, 1.165) is 32.1 Å². The lowest BCUT2D eigenvalue weighted by atomic mass is 9.83. The largest absolute Gasteiger partial charge is 0.269 e. The van der Waals surface area contributed by atoms with Crippen LogP contribution in [-0.2, 0) is 19.2 Å². The molecule has 0 spiro atoms. The van der Waals surface area contributed by atoms with E-state index in [9.17, 15) is 19.2 Å². The molecule has 38 heavy (non-hydrogen) atoms. The maximum absolute atomic E-state index is 12.1. The number of carbonyl (C=O) groups is 4. The molecule has 0 radical (unpaired) electrons. The summed E-state index contributed by atoms with van der Waals surface area (Å²) in [5.74, 6) is -0.832. The van der Waals surface area contributed by atoms with Crippen LogP contribution in [0.15, 0.2) is 85.0 Å². The van der Waals surface area contributed by atoms with E-state index < -0.39 is 0 Å². The summed E-state index contributed by atoms with van der Waals surface area (Å²) in [6.45, 7) is 8.66. The molecule has 0 N–H and O–H groups in total. The fourth-order valence-electron chi connectivity index (χ4n) is 4.98. The van der Waals surface area contributed by atoms with Gasteiger partial charge in [0.1, 0.15) is 0 Å². The summed E-state index contributed by atoms with van der Waals surface area (Å²) in [5.41, 5.74) is 7.59. The molecule has 0 saturated carbocycles. The van der Waals surface area contributed by atoms with E-state index in [0.29, 0.717) is 11.4 Å². The molecular weight excluding hydrogens is 476 g/mol. The number of hydrogen-bond acceptors (Lipinski definition) is 4. The lowest BCUT2D eigenvalue weighted by Gasteiger charge is -2.22. The molecule has 0 saturated heterocycles. The van der Waals surface area contributed by atoms with Crippen molar-refractivity contribution in [2.24, 2.45) is 0 Å². The predicted octanol–water partition coefficient (Wildman–Crippen LogP) is 6.13. The first-order valence-electron chi connectivity index (χ1n) is 12.7. The van der Waals surface area contributed by atoms with Crippen LogP contribution >= 0.6 is 0 Å². The van der Waals surface area contributed by atoms with E-state index in [2.05, 4.69) is 39.8 Å². The number of rotatable bonds is 6. The van der Waals surface area contributed by atoms with Crippen molar-refractivity contribution < 1.29 is 19.2 Å². The minimum Gasteiger partial charge on any atom is -0.269 e. The van der Waals surface area contributed by atoms with E-state index in [4.69, 9.17) is 0 Å². The highest BCUT2D eigenvalue weighted by atomic mass is 16.2. The monoisotopic (exact) mass is 504 g/mol. The first kappa shape index (κ1) is 25.1. The molecule has 0 atom stereocenters. The topological polar surface area (TPSA) is 74.8 Å². The maximum Gasteiger partial charge on any atom is 0.258 e. The molecule has 3 aromatic carbocycles. The Kier molecular flexibility index (Phi) is 6.41. The van der Waals surface area contributed by atoms with Crippen LogP contribution in [-0.4, -0.2) is 23.6 Å². The van der Waals surface area contributed by atoms with Gasteiger partial charge in [-0.3, -0.25) is 19.2 Å². The van der Waals surface area contributed by atoms with E-state index in [-0.39, 0.29) is 35.5 Å². The van der Waals surface area contributed by atoms with Gasteiger partial charge in [0.2, 0.25) is 0 Å². The van der Waals surface area contributed by atoms with Crippen LogP contribution in [0.3, 0.4) is 0 Å². The molecule has 5 rings (SSSR count). The molecule has 0 unspecified atom stereocenters. The van der Waals surface area contributed by atoms with Crippen LogP contribution in [0.2, 0.25) is 0 Å². The lowest BCUT2D eigenvalue weighted by molar-refractivity contribution is -0.121. The van der Waals surface area contributed by atoms with Crippen LogP contribution < -0.4 is 9.80 Å². The fraction of sp³-hybridized carbons (Fsp3) is 0.188. The molecule has 6 heteroatoms. The van der Waals surface area contributed by atoms with Crippen LogP contribution in [0.5, 0.6) is 0 Å². The number of anilines is 2. The summed E-state index contributed by atoms with van der Waals surface area (Å²) < 4.78 is 0. The number of amides is 4. The molecule has 6 nitrogen and oxygen atoms in total. The quantitative estimate of drug-likeness (QED) is 0.379. The van der Waals surface area contributed by atoms with Crippen LogP contribution in [0.1, 0.15) is 50.7 Å². The minimum absolute atomic E-state index is 0.268. The van der Waals surface area contributed by atoms with Crippen molar-refractivity contribution in [1.29, 1.82) is 0 Å². The Hall–Kier alpha value is -4.58. The molecule has 190 valence electrons. The van der Waals surface area contributed by atoms with E-state index in [1.807, 2.05) is 24.3 Å². The second kappa shape index (κ2) is 9.71. The highest BCUT2D eigenvalue weighted by molar-refractivity contribution is 6.28. The Bertz CT molecular complexity index is 1380. The predicted molar refractivity (Wildman–Crippen MR) is 149 cm³/mol. The summed E-state index contributed by atoms with van der Waals surface area (Å²) in [7, 11) is 0. The van der Waals surface area contributed by atoms with Crippen molar-refractivity contribution >= 4 is 35.0 Å². The Morgan fingerprint density at radius 2 is 0.789 bits per heavy atom. The molecule has 4 amide bonds. The van der Waals surface area contributed by atoms with Crippen LogP contribution in [0, 0.1) is 0 Å². The zero-order chi connectivity index (χ0) is 27.1. The Labute approximate surface area is 221 Å². The molecule has 0 bridgehead atoms. The van der Waals surface area contributed by atoms with E-state index in [1.165, 1.54) is 35.4 Å². The van der Waals surface area contributed by atoms with Crippen LogP contribution in [0.25, 0.3) is 22.3 Å². The lowest BCUT2D eigenvalue weighted by Crippen LogP contribution is -2.29. The van der Waals surface area contributed by atoms with E-state index >= 15 is 0 Å². The van der Waals surface area contributed by atoms with Crippen molar-refractivity contribution in [1.82, 2.24) is 0 Å². The third kappa shape index (κ3) is 4.39. The van der Waals surface area contributed by atoms with Gasteiger partial charge in [0.05, 0.1) is 11.4 Å². The van der Waals surface area contributed by atoms with Gasteiger partial charge < -0.3 is 0 Å². The number of hydrogen-bond donors (Lipinski definition) is 0. The average Bonchev–Trinajstić information content (AvgIpc) is 3.42. The van der Waals surface area contributed by atoms with Crippen molar-refractivity contribution in [2.75, 3.05) is 9.80 Å². The number of benzene rings is 3. The van der Waals surface area contributed by atoms with Gasteiger partial charge in [-0.15, -0.1) is 0 Å². The molecule has 2 heterocycles. The highest BCUT2D eigenvalue weighted by Crippen LogP contribution is 2.40. The first-order chi connectivity index (χ1) is 18.2. The number of carbonyl (C=O) groups excluding carboxylic acids is 4. The molecule has 2 aliphatic heterocycles. The SMILES string of the molecule is CC(C)c1cc(C(C)C)c(-c2ccc(N3C(=O)C=CC3=O)cc2)cc1-c1ccc(N2C(=O)C=CC2=O)cc1. The first-order valence-corrected chi connectivity index (χ1v) is 12.7. The molecular formula is C32H28N2O4. The zero-order valence-electron chi connectivity index (χ0n) is 21.8. The Morgan fingerprint density at radius 3 is 1.08 bits per heavy atom. The number of imide groups is 2. The van der Waals surface area contributed by atoms with Gasteiger partial charge in [-0.2, -0.15) is 0 Å². The zero-order valence-corrected chi connectivity index (χ0v) is 21.8.